The molecule has 2 aliphatic rings. The maximum absolute atomic E-state index is 6.30. The van der Waals surface area contributed by atoms with Crippen LogP contribution in [-0.2, 0) is 12.8 Å². The van der Waals surface area contributed by atoms with Crippen LogP contribution in [0.25, 0.3) is 10.2 Å². The Labute approximate surface area is 191 Å². The SMILES string of the molecule is CN(C)C1CNC1.Nc1cc(Cl)c(Nc2ncnc3sc4c(c23)CCCC4)cc1S. The van der Waals surface area contributed by atoms with Crippen molar-refractivity contribution >= 4 is 63.0 Å². The normalized spacial score (nSPS) is 16.0. The molecule has 0 spiro atoms. The fraction of sp³-hybridized carbons (Fsp3) is 0.429. The number of thiophene rings is 1. The van der Waals surface area contributed by atoms with Crippen molar-refractivity contribution < 1.29 is 0 Å². The van der Waals surface area contributed by atoms with E-state index in [1.807, 2.05) is 6.07 Å². The summed E-state index contributed by atoms with van der Waals surface area (Å²) in [6, 6.07) is 4.33. The van der Waals surface area contributed by atoms with Crippen molar-refractivity contribution in [3.05, 3.63) is 33.9 Å². The highest BCUT2D eigenvalue weighted by molar-refractivity contribution is 7.80. The fourth-order valence-corrected chi connectivity index (χ4v) is 5.27. The zero-order valence-corrected chi connectivity index (χ0v) is 19.7. The fourth-order valence-electron chi connectivity index (χ4n) is 3.62. The second-order valence-corrected chi connectivity index (χ2v) is 9.88. The minimum atomic E-state index is 0.552. The third-order valence-electron chi connectivity index (χ3n) is 5.61. The topological polar surface area (TPSA) is 79.1 Å². The molecule has 0 bridgehead atoms. The molecule has 160 valence electrons. The molecule has 4 N–H and O–H groups in total. The summed E-state index contributed by atoms with van der Waals surface area (Å²) in [7, 11) is 4.23. The zero-order chi connectivity index (χ0) is 21.3. The van der Waals surface area contributed by atoms with Crippen LogP contribution in [0.4, 0.5) is 17.2 Å². The summed E-state index contributed by atoms with van der Waals surface area (Å²) in [4.78, 5) is 14.3. The van der Waals surface area contributed by atoms with Crippen molar-refractivity contribution in [3.63, 3.8) is 0 Å². The lowest BCUT2D eigenvalue weighted by Gasteiger charge is -2.32. The van der Waals surface area contributed by atoms with Crippen molar-refractivity contribution in [1.29, 1.82) is 0 Å². The van der Waals surface area contributed by atoms with E-state index >= 15 is 0 Å². The minimum Gasteiger partial charge on any atom is -0.398 e. The number of nitrogen functional groups attached to an aromatic ring is 1. The molecule has 0 amide bonds. The predicted molar refractivity (Wildman–Crippen MR) is 131 cm³/mol. The summed E-state index contributed by atoms with van der Waals surface area (Å²) in [5.41, 5.74) is 8.53. The summed E-state index contributed by atoms with van der Waals surface area (Å²) < 4.78 is 0. The third-order valence-corrected chi connectivity index (χ3v) is 7.51. The number of nitrogens with zero attached hydrogens (tertiary/aromatic N) is 3. The molecule has 2 aromatic heterocycles. The van der Waals surface area contributed by atoms with Crippen LogP contribution >= 0.6 is 35.6 Å². The Morgan fingerprint density at radius 1 is 1.23 bits per heavy atom. The summed E-state index contributed by atoms with van der Waals surface area (Å²) >= 11 is 12.4. The van der Waals surface area contributed by atoms with Gasteiger partial charge in [0, 0.05) is 34.6 Å². The Morgan fingerprint density at radius 3 is 2.67 bits per heavy atom. The van der Waals surface area contributed by atoms with Crippen molar-refractivity contribution in [3.8, 4) is 0 Å². The van der Waals surface area contributed by atoms with E-state index in [-0.39, 0.29) is 0 Å². The number of anilines is 3. The lowest BCUT2D eigenvalue weighted by atomic mass is 9.97. The van der Waals surface area contributed by atoms with Gasteiger partial charge in [-0.3, -0.25) is 0 Å². The number of benzene rings is 1. The molecule has 1 fully saturated rings. The number of aromatic nitrogens is 2. The average Bonchev–Trinajstić information content (AvgIpc) is 3.04. The number of likely N-dealkylation sites (N-methyl/N-ethyl adjacent to an activating group) is 1. The molecule has 3 heterocycles. The Morgan fingerprint density at radius 2 is 2.00 bits per heavy atom. The number of rotatable bonds is 3. The molecule has 1 aliphatic heterocycles. The maximum atomic E-state index is 6.30. The van der Waals surface area contributed by atoms with Gasteiger partial charge in [0.25, 0.3) is 0 Å². The minimum absolute atomic E-state index is 0.552. The number of fused-ring (bicyclic) bond motifs is 3. The molecule has 1 aliphatic carbocycles. The van der Waals surface area contributed by atoms with Crippen LogP contribution < -0.4 is 16.4 Å². The standard InChI is InChI=1S/C16H15ClN4S2.C5H12N2/c17-9-5-10(18)12(22)6-11(9)21-15-14-8-3-1-2-4-13(8)23-16(14)20-7-19-15;1-7(2)5-3-6-4-5/h5-7,22H,1-4,18H2,(H,19,20,21);5-6H,3-4H2,1-2H3. The van der Waals surface area contributed by atoms with Gasteiger partial charge >= 0.3 is 0 Å². The van der Waals surface area contributed by atoms with E-state index in [2.05, 4.69) is 52.2 Å². The molecule has 0 radical (unpaired) electrons. The van der Waals surface area contributed by atoms with E-state index in [1.54, 1.807) is 23.7 Å². The summed E-state index contributed by atoms with van der Waals surface area (Å²) in [6.07, 6.45) is 6.29. The Bertz CT molecular complexity index is 1050. The van der Waals surface area contributed by atoms with Crippen molar-refractivity contribution in [2.24, 2.45) is 0 Å². The number of nitrogens with one attached hydrogen (secondary N) is 2. The predicted octanol–water partition coefficient (Wildman–Crippen LogP) is 4.36. The van der Waals surface area contributed by atoms with E-state index in [1.165, 1.54) is 36.4 Å². The van der Waals surface area contributed by atoms with Gasteiger partial charge in [-0.15, -0.1) is 24.0 Å². The summed E-state index contributed by atoms with van der Waals surface area (Å²) in [5, 5.41) is 8.22. The molecular formula is C21H27ClN6S2. The summed E-state index contributed by atoms with van der Waals surface area (Å²) in [6.45, 7) is 2.35. The largest absolute Gasteiger partial charge is 0.398 e. The first-order valence-corrected chi connectivity index (χ1v) is 11.8. The smallest absolute Gasteiger partial charge is 0.142 e. The van der Waals surface area contributed by atoms with Crippen LogP contribution in [0, 0.1) is 0 Å². The lowest BCUT2D eigenvalue weighted by molar-refractivity contribution is 0.216. The lowest BCUT2D eigenvalue weighted by Crippen LogP contribution is -2.54. The van der Waals surface area contributed by atoms with E-state index in [9.17, 15) is 0 Å². The maximum Gasteiger partial charge on any atom is 0.142 e. The number of aryl methyl sites for hydroxylation is 2. The first-order chi connectivity index (χ1) is 14.4. The summed E-state index contributed by atoms with van der Waals surface area (Å²) in [5.74, 6) is 0.800. The molecule has 0 unspecified atom stereocenters. The van der Waals surface area contributed by atoms with E-state index in [4.69, 9.17) is 17.3 Å². The van der Waals surface area contributed by atoms with Crippen molar-refractivity contribution in [2.75, 3.05) is 38.2 Å². The number of hydrogen-bond donors (Lipinski definition) is 4. The van der Waals surface area contributed by atoms with Crippen LogP contribution in [-0.4, -0.2) is 48.1 Å². The second-order valence-electron chi connectivity index (χ2n) is 7.90. The van der Waals surface area contributed by atoms with Crippen LogP contribution in [0.5, 0.6) is 0 Å². The van der Waals surface area contributed by atoms with Gasteiger partial charge in [-0.1, -0.05) is 11.6 Å². The van der Waals surface area contributed by atoms with Gasteiger partial charge in [-0.2, -0.15) is 0 Å². The average molecular weight is 463 g/mol. The molecule has 9 heteroatoms. The Kier molecular flexibility index (Phi) is 6.69. The zero-order valence-electron chi connectivity index (χ0n) is 17.2. The second kappa shape index (κ2) is 9.28. The molecule has 0 atom stereocenters. The highest BCUT2D eigenvalue weighted by Gasteiger charge is 2.20. The van der Waals surface area contributed by atoms with Gasteiger partial charge in [0.1, 0.15) is 17.0 Å². The van der Waals surface area contributed by atoms with E-state index in [0.717, 1.165) is 40.6 Å². The Balaban J connectivity index is 0.000000265. The first kappa shape index (κ1) is 21.6. The van der Waals surface area contributed by atoms with Gasteiger partial charge in [-0.05, 0) is 57.5 Å². The van der Waals surface area contributed by atoms with Gasteiger partial charge < -0.3 is 21.3 Å². The molecule has 3 aromatic rings. The van der Waals surface area contributed by atoms with Gasteiger partial charge in [0.2, 0.25) is 0 Å². The van der Waals surface area contributed by atoms with Crippen LogP contribution in [0.2, 0.25) is 5.02 Å². The monoisotopic (exact) mass is 462 g/mol. The number of halogens is 1. The van der Waals surface area contributed by atoms with Gasteiger partial charge in [0.05, 0.1) is 16.1 Å². The number of thiol groups is 1. The van der Waals surface area contributed by atoms with Crippen LogP contribution in [0.3, 0.4) is 0 Å². The van der Waals surface area contributed by atoms with Crippen LogP contribution in [0.1, 0.15) is 23.3 Å². The molecule has 1 aromatic carbocycles. The molecule has 0 saturated carbocycles. The highest BCUT2D eigenvalue weighted by Crippen LogP contribution is 2.40. The molecule has 30 heavy (non-hydrogen) atoms. The Hall–Kier alpha value is -1.58. The number of nitrogens with two attached hydrogens (primary N) is 1. The quantitative estimate of drug-likeness (QED) is 0.342. The van der Waals surface area contributed by atoms with Crippen LogP contribution in [0.15, 0.2) is 23.4 Å². The van der Waals surface area contributed by atoms with E-state index in [0.29, 0.717) is 15.6 Å². The van der Waals surface area contributed by atoms with Gasteiger partial charge in [-0.25, -0.2) is 9.97 Å². The molecule has 1 saturated heterocycles. The van der Waals surface area contributed by atoms with Gasteiger partial charge in [0.15, 0.2) is 0 Å². The first-order valence-electron chi connectivity index (χ1n) is 10.1. The van der Waals surface area contributed by atoms with E-state index < -0.39 is 0 Å². The van der Waals surface area contributed by atoms with Crippen molar-refractivity contribution in [1.82, 2.24) is 20.2 Å². The molecule has 5 rings (SSSR count). The highest BCUT2D eigenvalue weighted by atomic mass is 35.5. The third kappa shape index (κ3) is 4.53. The molecule has 6 nitrogen and oxygen atoms in total. The number of hydrogen-bond acceptors (Lipinski definition) is 8. The molecular weight excluding hydrogens is 436 g/mol. The van der Waals surface area contributed by atoms with Crippen molar-refractivity contribution in [2.45, 2.75) is 36.6 Å².